The molecule has 2 aromatic carbocycles. The van der Waals surface area contributed by atoms with E-state index in [1.165, 1.54) is 34.4 Å². The molecule has 3 amide bonds. The molecule has 0 aliphatic carbocycles. The Morgan fingerprint density at radius 1 is 1.12 bits per heavy atom. The van der Waals surface area contributed by atoms with Gasteiger partial charge in [-0.2, -0.15) is 0 Å². The SMILES string of the molecule is COCCCN1C(=O)c2ccc(C(=O)Nc3nc(-c4ccc(OC)c(Cl)c4)cs3)cc2C1=O. The van der Waals surface area contributed by atoms with E-state index in [0.717, 1.165) is 5.56 Å². The summed E-state index contributed by atoms with van der Waals surface area (Å²) >= 11 is 7.45. The molecule has 0 spiro atoms. The van der Waals surface area contributed by atoms with Crippen LogP contribution in [0.1, 0.15) is 37.5 Å². The van der Waals surface area contributed by atoms with Crippen LogP contribution in [-0.4, -0.2) is 55.0 Å². The van der Waals surface area contributed by atoms with Crippen LogP contribution in [-0.2, 0) is 4.74 Å². The Morgan fingerprint density at radius 3 is 2.64 bits per heavy atom. The molecular weight excluding hydrogens is 466 g/mol. The highest BCUT2D eigenvalue weighted by molar-refractivity contribution is 7.14. The van der Waals surface area contributed by atoms with E-state index in [9.17, 15) is 14.4 Å². The highest BCUT2D eigenvalue weighted by Gasteiger charge is 2.35. The maximum Gasteiger partial charge on any atom is 0.261 e. The predicted molar refractivity (Wildman–Crippen MR) is 125 cm³/mol. The number of fused-ring (bicyclic) bond motifs is 1. The van der Waals surface area contributed by atoms with Crippen molar-refractivity contribution >= 4 is 45.8 Å². The summed E-state index contributed by atoms with van der Waals surface area (Å²) in [4.78, 5) is 43.6. The standard InChI is InChI=1S/C23H20ClN3O5S/c1-31-9-3-8-27-21(29)15-6-4-14(10-16(15)22(27)30)20(28)26-23-25-18(12-33-23)13-5-7-19(32-2)17(24)11-13/h4-7,10-12H,3,8-9H2,1-2H3,(H,25,26,28). The lowest BCUT2D eigenvalue weighted by Gasteiger charge is -2.12. The molecule has 1 aliphatic rings. The van der Waals surface area contributed by atoms with Crippen LogP contribution in [0.25, 0.3) is 11.3 Å². The van der Waals surface area contributed by atoms with Crippen LogP contribution in [0.4, 0.5) is 5.13 Å². The molecule has 3 aromatic rings. The fourth-order valence-corrected chi connectivity index (χ4v) is 4.43. The van der Waals surface area contributed by atoms with Crippen LogP contribution in [0.5, 0.6) is 5.75 Å². The molecular formula is C23H20ClN3O5S. The van der Waals surface area contributed by atoms with Crippen LogP contribution in [0.3, 0.4) is 0 Å². The predicted octanol–water partition coefficient (Wildman–Crippen LogP) is 4.36. The summed E-state index contributed by atoms with van der Waals surface area (Å²) in [5.41, 5.74) is 2.21. The number of ether oxygens (including phenoxy) is 2. The molecule has 1 aliphatic heterocycles. The molecule has 0 fully saturated rings. The molecule has 0 saturated carbocycles. The van der Waals surface area contributed by atoms with Crippen molar-refractivity contribution in [3.8, 4) is 17.0 Å². The Balaban J connectivity index is 1.48. The van der Waals surface area contributed by atoms with E-state index in [4.69, 9.17) is 21.1 Å². The molecule has 2 heterocycles. The third-order valence-corrected chi connectivity index (χ3v) is 6.19. The van der Waals surface area contributed by atoms with Crippen molar-refractivity contribution in [1.82, 2.24) is 9.88 Å². The van der Waals surface area contributed by atoms with Gasteiger partial charge >= 0.3 is 0 Å². The van der Waals surface area contributed by atoms with Gasteiger partial charge < -0.3 is 9.47 Å². The van der Waals surface area contributed by atoms with Gasteiger partial charge in [0, 0.05) is 36.8 Å². The van der Waals surface area contributed by atoms with E-state index < -0.39 is 11.8 Å². The largest absolute Gasteiger partial charge is 0.495 e. The van der Waals surface area contributed by atoms with Gasteiger partial charge in [-0.1, -0.05) is 11.6 Å². The minimum Gasteiger partial charge on any atom is -0.495 e. The number of thiazole rings is 1. The summed E-state index contributed by atoms with van der Waals surface area (Å²) in [5, 5.41) is 5.40. The number of hydrogen-bond acceptors (Lipinski definition) is 7. The number of anilines is 1. The van der Waals surface area contributed by atoms with E-state index in [1.807, 2.05) is 6.07 Å². The van der Waals surface area contributed by atoms with Crippen molar-refractivity contribution in [3.05, 3.63) is 63.5 Å². The number of rotatable bonds is 8. The molecule has 0 unspecified atom stereocenters. The van der Waals surface area contributed by atoms with Crippen molar-refractivity contribution in [3.63, 3.8) is 0 Å². The second-order valence-electron chi connectivity index (χ2n) is 7.21. The molecule has 1 N–H and O–H groups in total. The highest BCUT2D eigenvalue weighted by Crippen LogP contribution is 2.32. The van der Waals surface area contributed by atoms with Crippen molar-refractivity contribution < 1.29 is 23.9 Å². The lowest BCUT2D eigenvalue weighted by atomic mass is 10.1. The highest BCUT2D eigenvalue weighted by atomic mass is 35.5. The summed E-state index contributed by atoms with van der Waals surface area (Å²) in [5.74, 6) is -0.634. The monoisotopic (exact) mass is 485 g/mol. The molecule has 0 bridgehead atoms. The maximum atomic E-state index is 12.8. The number of carbonyl (C=O) groups excluding carboxylic acids is 3. The molecule has 4 rings (SSSR count). The summed E-state index contributed by atoms with van der Waals surface area (Å²) in [6, 6.07) is 9.79. The van der Waals surface area contributed by atoms with E-state index in [-0.39, 0.29) is 23.6 Å². The van der Waals surface area contributed by atoms with E-state index in [1.54, 1.807) is 31.7 Å². The number of halogens is 1. The zero-order valence-corrected chi connectivity index (χ0v) is 19.5. The fraction of sp³-hybridized carbons (Fsp3) is 0.217. The number of methoxy groups -OCH3 is 2. The Morgan fingerprint density at radius 2 is 1.91 bits per heavy atom. The third kappa shape index (κ3) is 4.61. The van der Waals surface area contributed by atoms with Crippen molar-refractivity contribution in [2.24, 2.45) is 0 Å². The Labute approximate surface area is 199 Å². The third-order valence-electron chi connectivity index (χ3n) is 5.14. The minimum absolute atomic E-state index is 0.220. The number of aromatic nitrogens is 1. The second-order valence-corrected chi connectivity index (χ2v) is 8.48. The van der Waals surface area contributed by atoms with E-state index >= 15 is 0 Å². The lowest BCUT2D eigenvalue weighted by molar-refractivity contribution is 0.0638. The van der Waals surface area contributed by atoms with Gasteiger partial charge in [-0.15, -0.1) is 11.3 Å². The molecule has 0 radical (unpaired) electrons. The number of benzene rings is 2. The second kappa shape index (κ2) is 9.70. The number of carbonyl (C=O) groups is 3. The van der Waals surface area contributed by atoms with E-state index in [2.05, 4.69) is 10.3 Å². The lowest BCUT2D eigenvalue weighted by Crippen LogP contribution is -2.31. The van der Waals surface area contributed by atoms with Crippen LogP contribution < -0.4 is 10.1 Å². The van der Waals surface area contributed by atoms with Crippen LogP contribution >= 0.6 is 22.9 Å². The van der Waals surface area contributed by atoms with Gasteiger partial charge in [0.25, 0.3) is 17.7 Å². The van der Waals surface area contributed by atoms with Gasteiger partial charge in [-0.25, -0.2) is 4.98 Å². The summed E-state index contributed by atoms with van der Waals surface area (Å²) < 4.78 is 10.1. The molecule has 0 atom stereocenters. The van der Waals surface area contributed by atoms with Crippen LogP contribution in [0.2, 0.25) is 5.02 Å². The van der Waals surface area contributed by atoms with Gasteiger partial charge in [-0.05, 0) is 42.8 Å². The first-order chi connectivity index (χ1) is 15.9. The zero-order chi connectivity index (χ0) is 23.5. The van der Waals surface area contributed by atoms with Gasteiger partial charge in [0.2, 0.25) is 0 Å². The molecule has 33 heavy (non-hydrogen) atoms. The van der Waals surface area contributed by atoms with Crippen molar-refractivity contribution in [2.75, 3.05) is 32.7 Å². The normalized spacial score (nSPS) is 12.8. The molecule has 10 heteroatoms. The fourth-order valence-electron chi connectivity index (χ4n) is 3.46. The maximum absolute atomic E-state index is 12.8. The van der Waals surface area contributed by atoms with E-state index in [0.29, 0.717) is 40.2 Å². The number of nitrogens with one attached hydrogen (secondary N) is 1. The summed E-state index contributed by atoms with van der Waals surface area (Å²) in [6.45, 7) is 0.707. The minimum atomic E-state index is -0.426. The topological polar surface area (TPSA) is 97.8 Å². The Kier molecular flexibility index (Phi) is 6.73. The summed E-state index contributed by atoms with van der Waals surface area (Å²) in [7, 11) is 3.10. The first-order valence-corrected chi connectivity index (χ1v) is 11.3. The van der Waals surface area contributed by atoms with Crippen LogP contribution in [0.15, 0.2) is 41.8 Å². The number of hydrogen-bond donors (Lipinski definition) is 1. The number of imide groups is 1. The Hall–Kier alpha value is -3.27. The molecule has 8 nitrogen and oxygen atoms in total. The van der Waals surface area contributed by atoms with Gasteiger partial charge in [0.15, 0.2) is 5.13 Å². The molecule has 170 valence electrons. The Bertz CT molecular complexity index is 1240. The molecule has 0 saturated heterocycles. The smallest absolute Gasteiger partial charge is 0.261 e. The molecule has 1 aromatic heterocycles. The average Bonchev–Trinajstić information content (AvgIpc) is 3.37. The summed E-state index contributed by atoms with van der Waals surface area (Å²) in [6.07, 6.45) is 0.543. The number of nitrogens with zero attached hydrogens (tertiary/aromatic N) is 2. The van der Waals surface area contributed by atoms with Crippen molar-refractivity contribution in [2.45, 2.75) is 6.42 Å². The average molecular weight is 486 g/mol. The van der Waals surface area contributed by atoms with Gasteiger partial charge in [0.05, 0.1) is 29.0 Å². The first kappa shape index (κ1) is 22.9. The zero-order valence-electron chi connectivity index (χ0n) is 17.9. The van der Waals surface area contributed by atoms with Gasteiger partial charge in [0.1, 0.15) is 5.75 Å². The van der Waals surface area contributed by atoms with Gasteiger partial charge in [-0.3, -0.25) is 24.6 Å². The number of amides is 3. The van der Waals surface area contributed by atoms with Crippen molar-refractivity contribution in [1.29, 1.82) is 0 Å². The quantitative estimate of drug-likeness (QED) is 0.376. The first-order valence-electron chi connectivity index (χ1n) is 10.0. The van der Waals surface area contributed by atoms with Crippen LogP contribution in [0, 0.1) is 0 Å².